The fraction of sp³-hybridized carbons (Fsp3) is 0.667. The molecule has 4 rings (SSSR count). The van der Waals surface area contributed by atoms with Crippen LogP contribution >= 0.6 is 15.9 Å². The van der Waals surface area contributed by atoms with Crippen molar-refractivity contribution in [3.63, 3.8) is 0 Å². The van der Waals surface area contributed by atoms with E-state index in [1.807, 2.05) is 0 Å². The summed E-state index contributed by atoms with van der Waals surface area (Å²) in [6, 6.07) is 6.74. The number of ether oxygens (including phenoxy) is 1. The third kappa shape index (κ3) is 2.64. The number of carbonyl (C=O) groups is 1. The van der Waals surface area contributed by atoms with Crippen molar-refractivity contribution in [2.45, 2.75) is 57.8 Å². The van der Waals surface area contributed by atoms with Gasteiger partial charge in [-0.25, -0.2) is 0 Å². The number of alkyl halides is 1. The van der Waals surface area contributed by atoms with Gasteiger partial charge in [0, 0.05) is 17.2 Å². The summed E-state index contributed by atoms with van der Waals surface area (Å²) in [5.41, 5.74) is 3.01. The number of hydrogen-bond donors (Lipinski definition) is 0. The van der Waals surface area contributed by atoms with Crippen LogP contribution in [0.2, 0.25) is 0 Å². The summed E-state index contributed by atoms with van der Waals surface area (Å²) in [4.78, 5) is 12.4. The lowest BCUT2D eigenvalue weighted by Gasteiger charge is -2.48. The maximum atomic E-state index is 12.4. The van der Waals surface area contributed by atoms with Gasteiger partial charge in [0.1, 0.15) is 11.5 Å². The third-order valence-corrected chi connectivity index (χ3v) is 7.51. The molecule has 3 heteroatoms. The molecule has 3 aliphatic carbocycles. The van der Waals surface area contributed by atoms with Crippen molar-refractivity contribution in [3.8, 4) is 5.75 Å². The molecule has 0 amide bonds. The maximum absolute atomic E-state index is 12.4. The smallest absolute Gasteiger partial charge is 0.139 e. The number of benzene rings is 1. The fourth-order valence-corrected chi connectivity index (χ4v) is 5.89. The lowest BCUT2D eigenvalue weighted by molar-refractivity contribution is -0.129. The number of Topliss-reactive ketones (excluding diaryl/α,β-unsaturated/α-hetero) is 1. The molecule has 0 aliphatic heterocycles. The fourth-order valence-electron chi connectivity index (χ4n) is 5.66. The number of fused-ring (bicyclic) bond motifs is 5. The first-order valence-corrected chi connectivity index (χ1v) is 10.6. The predicted octanol–water partition coefficient (Wildman–Crippen LogP) is 5.28. The molecule has 0 unspecified atom stereocenters. The highest BCUT2D eigenvalue weighted by Crippen LogP contribution is 2.59. The van der Waals surface area contributed by atoms with Gasteiger partial charge in [-0.15, -0.1) is 0 Å². The molecule has 0 heterocycles. The van der Waals surface area contributed by atoms with Gasteiger partial charge < -0.3 is 4.74 Å². The Morgan fingerprint density at radius 2 is 2.12 bits per heavy atom. The summed E-state index contributed by atoms with van der Waals surface area (Å²) in [6.45, 7) is 3.03. The van der Waals surface area contributed by atoms with Crippen LogP contribution in [0.4, 0.5) is 0 Å². The zero-order valence-corrected chi connectivity index (χ0v) is 16.1. The summed E-state index contributed by atoms with van der Waals surface area (Å²) in [6.07, 6.45) is 7.64. The molecule has 2 saturated carbocycles. The highest BCUT2D eigenvalue weighted by molar-refractivity contribution is 9.09. The number of aryl methyl sites for hydroxylation is 1. The van der Waals surface area contributed by atoms with E-state index in [9.17, 15) is 4.79 Å². The molecule has 2 nitrogen and oxygen atoms in total. The predicted molar refractivity (Wildman–Crippen MR) is 100.0 cm³/mol. The van der Waals surface area contributed by atoms with Crippen molar-refractivity contribution in [3.05, 3.63) is 29.3 Å². The third-order valence-electron chi connectivity index (χ3n) is 6.95. The minimum Gasteiger partial charge on any atom is -0.494 e. The van der Waals surface area contributed by atoms with Crippen LogP contribution in [0.1, 0.15) is 62.5 Å². The SMILES string of the molecule is C[C@]12CC[C@@H]3c4ccc(OCCCBr)cc4CC[C@H]3[C@@H]1CCC2=O. The minimum absolute atomic E-state index is 0.0165. The highest BCUT2D eigenvalue weighted by atomic mass is 79.9. The second-order valence-corrected chi connectivity index (χ2v) is 8.88. The molecule has 4 atom stereocenters. The standard InChI is InChI=1S/C21H27BrO2/c1-21-10-9-17-16-6-4-15(24-12-2-11-22)13-14(16)3-5-18(17)19(21)7-8-20(21)23/h4,6,13,17-19H,2-3,5,7-12H2,1H3/t17-,18-,19+,21+/m1/s1. The highest BCUT2D eigenvalue weighted by Gasteiger charge is 2.54. The Balaban J connectivity index is 1.56. The molecule has 24 heavy (non-hydrogen) atoms. The lowest BCUT2D eigenvalue weighted by Crippen LogP contribution is -2.42. The molecule has 0 saturated heterocycles. The van der Waals surface area contributed by atoms with E-state index in [-0.39, 0.29) is 5.41 Å². The second kappa shape index (κ2) is 6.48. The molecule has 2 fully saturated rings. The topological polar surface area (TPSA) is 26.3 Å². The van der Waals surface area contributed by atoms with Gasteiger partial charge >= 0.3 is 0 Å². The molecule has 0 N–H and O–H groups in total. The first-order chi connectivity index (χ1) is 11.6. The van der Waals surface area contributed by atoms with E-state index < -0.39 is 0 Å². The molecule has 0 spiro atoms. The largest absolute Gasteiger partial charge is 0.494 e. The van der Waals surface area contributed by atoms with Crippen LogP contribution < -0.4 is 4.74 Å². The van der Waals surface area contributed by atoms with E-state index in [1.54, 1.807) is 5.56 Å². The molecule has 1 aromatic rings. The van der Waals surface area contributed by atoms with Crippen LogP contribution in [0, 0.1) is 17.3 Å². The normalized spacial score (nSPS) is 34.4. The maximum Gasteiger partial charge on any atom is 0.139 e. The molecule has 1 aromatic carbocycles. The van der Waals surface area contributed by atoms with E-state index in [0.717, 1.165) is 49.8 Å². The molecular formula is C21H27BrO2. The number of carbonyl (C=O) groups excluding carboxylic acids is 1. The van der Waals surface area contributed by atoms with Crippen LogP contribution in [-0.2, 0) is 11.2 Å². The van der Waals surface area contributed by atoms with Gasteiger partial charge in [-0.1, -0.05) is 28.9 Å². The van der Waals surface area contributed by atoms with Crippen LogP contribution in [0.5, 0.6) is 5.75 Å². The van der Waals surface area contributed by atoms with Gasteiger partial charge in [0.05, 0.1) is 6.61 Å². The van der Waals surface area contributed by atoms with Crippen LogP contribution in [0.3, 0.4) is 0 Å². The van der Waals surface area contributed by atoms with E-state index in [0.29, 0.717) is 23.5 Å². The monoisotopic (exact) mass is 390 g/mol. The average molecular weight is 391 g/mol. The number of ketones is 1. The van der Waals surface area contributed by atoms with Gasteiger partial charge in [0.25, 0.3) is 0 Å². The number of hydrogen-bond acceptors (Lipinski definition) is 2. The minimum atomic E-state index is -0.0165. The number of rotatable bonds is 4. The first-order valence-electron chi connectivity index (χ1n) is 9.48. The van der Waals surface area contributed by atoms with Crippen molar-refractivity contribution < 1.29 is 9.53 Å². The zero-order valence-electron chi connectivity index (χ0n) is 14.5. The average Bonchev–Trinajstić information content (AvgIpc) is 2.90. The van der Waals surface area contributed by atoms with Crippen LogP contribution in [0.15, 0.2) is 18.2 Å². The summed E-state index contributed by atoms with van der Waals surface area (Å²) in [5, 5.41) is 0.987. The molecule has 0 radical (unpaired) electrons. The van der Waals surface area contributed by atoms with E-state index in [4.69, 9.17) is 4.74 Å². The molecule has 3 aliphatic rings. The Morgan fingerprint density at radius 3 is 2.96 bits per heavy atom. The summed E-state index contributed by atoms with van der Waals surface area (Å²) < 4.78 is 5.87. The Hall–Kier alpha value is -0.830. The zero-order chi connectivity index (χ0) is 16.7. The van der Waals surface area contributed by atoms with E-state index in [2.05, 4.69) is 41.1 Å². The van der Waals surface area contributed by atoms with Crippen molar-refractivity contribution in [2.24, 2.45) is 17.3 Å². The van der Waals surface area contributed by atoms with Crippen molar-refractivity contribution >= 4 is 21.7 Å². The summed E-state index contributed by atoms with van der Waals surface area (Å²) in [5.74, 6) is 3.54. The van der Waals surface area contributed by atoms with E-state index >= 15 is 0 Å². The van der Waals surface area contributed by atoms with E-state index in [1.165, 1.54) is 18.4 Å². The van der Waals surface area contributed by atoms with Gasteiger partial charge in [0.2, 0.25) is 0 Å². The van der Waals surface area contributed by atoms with Gasteiger partial charge in [-0.3, -0.25) is 4.79 Å². The van der Waals surface area contributed by atoms with Crippen LogP contribution in [-0.4, -0.2) is 17.7 Å². The Labute approximate surface area is 153 Å². The molecular weight excluding hydrogens is 364 g/mol. The summed E-state index contributed by atoms with van der Waals surface area (Å²) >= 11 is 3.45. The van der Waals surface area contributed by atoms with Crippen molar-refractivity contribution in [2.75, 3.05) is 11.9 Å². The lowest BCUT2D eigenvalue weighted by atomic mass is 9.55. The first kappa shape index (κ1) is 16.6. The Kier molecular flexibility index (Phi) is 4.49. The van der Waals surface area contributed by atoms with Gasteiger partial charge in [-0.05, 0) is 79.5 Å². The van der Waals surface area contributed by atoms with Gasteiger partial charge in [0.15, 0.2) is 0 Å². The molecule has 0 aromatic heterocycles. The quantitative estimate of drug-likeness (QED) is 0.516. The van der Waals surface area contributed by atoms with Gasteiger partial charge in [-0.2, -0.15) is 0 Å². The van der Waals surface area contributed by atoms with Crippen molar-refractivity contribution in [1.29, 1.82) is 0 Å². The molecule has 130 valence electrons. The summed E-state index contributed by atoms with van der Waals surface area (Å²) in [7, 11) is 0. The number of halogens is 1. The Morgan fingerprint density at radius 1 is 1.25 bits per heavy atom. The molecule has 0 bridgehead atoms. The van der Waals surface area contributed by atoms with Crippen molar-refractivity contribution in [1.82, 2.24) is 0 Å². The Bertz CT molecular complexity index is 641. The van der Waals surface area contributed by atoms with Crippen LogP contribution in [0.25, 0.3) is 0 Å². The second-order valence-electron chi connectivity index (χ2n) is 8.09.